The van der Waals surface area contributed by atoms with E-state index in [1.165, 1.54) is 4.52 Å². The zero-order chi connectivity index (χ0) is 13.6. The molecular formula is C10H7IN4O2S2. The molecular weight excluding hydrogens is 399 g/mol. The van der Waals surface area contributed by atoms with Crippen molar-refractivity contribution in [3.8, 4) is 11.3 Å². The van der Waals surface area contributed by atoms with Gasteiger partial charge in [0.25, 0.3) is 10.0 Å². The first kappa shape index (κ1) is 13.0. The Kier molecular flexibility index (Phi) is 3.08. The van der Waals surface area contributed by atoms with E-state index in [1.54, 1.807) is 6.20 Å². The Morgan fingerprint density at radius 3 is 2.53 bits per heavy atom. The van der Waals surface area contributed by atoms with E-state index in [4.69, 9.17) is 5.14 Å². The fraction of sp³-hybridized carbons (Fsp3) is 0. The lowest BCUT2D eigenvalue weighted by Gasteiger charge is -1.95. The highest BCUT2D eigenvalue weighted by Crippen LogP contribution is 2.24. The zero-order valence-electron chi connectivity index (χ0n) is 9.32. The third-order valence-electron chi connectivity index (χ3n) is 2.41. The Labute approximate surface area is 126 Å². The number of primary sulfonamides is 1. The molecule has 0 fully saturated rings. The maximum atomic E-state index is 11.2. The number of fused-ring (bicyclic) bond motifs is 1. The molecule has 0 aliphatic carbocycles. The van der Waals surface area contributed by atoms with Gasteiger partial charge < -0.3 is 0 Å². The minimum atomic E-state index is -3.77. The van der Waals surface area contributed by atoms with E-state index in [0.29, 0.717) is 4.96 Å². The van der Waals surface area contributed by atoms with Crippen molar-refractivity contribution in [3.05, 3.63) is 34.0 Å². The normalized spacial score (nSPS) is 12.1. The van der Waals surface area contributed by atoms with Gasteiger partial charge in [0.2, 0.25) is 9.30 Å². The van der Waals surface area contributed by atoms with Gasteiger partial charge in [-0.05, 0) is 34.7 Å². The molecule has 2 heterocycles. The molecule has 3 rings (SSSR count). The number of nitrogens with zero attached hydrogens (tertiary/aromatic N) is 3. The summed E-state index contributed by atoms with van der Waals surface area (Å²) < 4.78 is 24.8. The summed E-state index contributed by atoms with van der Waals surface area (Å²) >= 11 is 3.17. The summed E-state index contributed by atoms with van der Waals surface area (Å²) in [5, 5.41) is 8.93. The second-order valence-electron chi connectivity index (χ2n) is 3.77. The van der Waals surface area contributed by atoms with Gasteiger partial charge in [0, 0.05) is 9.13 Å². The summed E-state index contributed by atoms with van der Waals surface area (Å²) in [6, 6.07) is 7.86. The highest BCUT2D eigenvalue weighted by atomic mass is 127. The number of halogens is 1. The van der Waals surface area contributed by atoms with Crippen molar-refractivity contribution in [2.24, 2.45) is 5.14 Å². The third kappa shape index (κ3) is 2.50. The van der Waals surface area contributed by atoms with Gasteiger partial charge in [-0.1, -0.05) is 23.5 Å². The van der Waals surface area contributed by atoms with E-state index in [2.05, 4.69) is 32.7 Å². The van der Waals surface area contributed by atoms with Crippen molar-refractivity contribution >= 4 is 48.9 Å². The predicted octanol–water partition coefficient (Wildman–Crippen LogP) is 1.71. The van der Waals surface area contributed by atoms with E-state index in [9.17, 15) is 8.42 Å². The summed E-state index contributed by atoms with van der Waals surface area (Å²) in [5.74, 6) is 0. The second-order valence-corrected chi connectivity index (χ2v) is 7.71. The van der Waals surface area contributed by atoms with Crippen molar-refractivity contribution in [2.45, 2.75) is 4.34 Å². The van der Waals surface area contributed by atoms with Crippen molar-refractivity contribution in [3.63, 3.8) is 0 Å². The van der Waals surface area contributed by atoms with E-state index < -0.39 is 10.0 Å². The van der Waals surface area contributed by atoms with E-state index in [0.717, 1.165) is 26.2 Å². The highest BCUT2D eigenvalue weighted by molar-refractivity contribution is 14.1. The molecule has 19 heavy (non-hydrogen) atoms. The summed E-state index contributed by atoms with van der Waals surface area (Å²) in [4.78, 5) is 4.84. The minimum absolute atomic E-state index is 0.135. The Morgan fingerprint density at radius 2 is 1.95 bits per heavy atom. The highest BCUT2D eigenvalue weighted by Gasteiger charge is 2.17. The Bertz CT molecular complexity index is 820. The Balaban J connectivity index is 2.08. The van der Waals surface area contributed by atoms with Gasteiger partial charge >= 0.3 is 0 Å². The van der Waals surface area contributed by atoms with Crippen molar-refractivity contribution in [2.75, 3.05) is 0 Å². The van der Waals surface area contributed by atoms with Crippen LogP contribution in [0.4, 0.5) is 0 Å². The van der Waals surface area contributed by atoms with Gasteiger partial charge in [0.05, 0.1) is 11.9 Å². The molecule has 0 aliphatic rings. The van der Waals surface area contributed by atoms with Gasteiger partial charge in [-0.2, -0.15) is 0 Å². The number of imidazole rings is 1. The predicted molar refractivity (Wildman–Crippen MR) is 80.4 cm³/mol. The first-order valence-electron chi connectivity index (χ1n) is 5.08. The molecule has 0 spiro atoms. The van der Waals surface area contributed by atoms with Gasteiger partial charge in [-0.15, -0.1) is 5.10 Å². The van der Waals surface area contributed by atoms with Gasteiger partial charge in [0.15, 0.2) is 0 Å². The smallest absolute Gasteiger partial charge is 0.223 e. The summed E-state index contributed by atoms with van der Waals surface area (Å²) in [5.41, 5.74) is 1.70. The van der Waals surface area contributed by atoms with Crippen LogP contribution in [0.3, 0.4) is 0 Å². The Morgan fingerprint density at radius 1 is 1.26 bits per heavy atom. The van der Waals surface area contributed by atoms with Crippen LogP contribution in [0.25, 0.3) is 16.2 Å². The maximum Gasteiger partial charge on any atom is 0.267 e. The SMILES string of the molecule is NS(=O)(=O)c1nn2cc(-c3ccc(I)cc3)nc2s1. The van der Waals surface area contributed by atoms with Crippen LogP contribution in [-0.2, 0) is 10.0 Å². The van der Waals surface area contributed by atoms with Crippen LogP contribution in [0.5, 0.6) is 0 Å². The zero-order valence-corrected chi connectivity index (χ0v) is 13.1. The van der Waals surface area contributed by atoms with Crippen LogP contribution in [0.1, 0.15) is 0 Å². The molecule has 0 atom stereocenters. The van der Waals surface area contributed by atoms with Crippen LogP contribution in [0, 0.1) is 3.57 Å². The van der Waals surface area contributed by atoms with Crippen LogP contribution in [0.2, 0.25) is 0 Å². The molecule has 0 bridgehead atoms. The quantitative estimate of drug-likeness (QED) is 0.657. The Hall–Kier alpha value is -1.04. The lowest BCUT2D eigenvalue weighted by molar-refractivity contribution is 0.595. The molecule has 0 saturated heterocycles. The van der Waals surface area contributed by atoms with E-state index in [-0.39, 0.29) is 4.34 Å². The molecule has 3 aromatic rings. The molecule has 9 heteroatoms. The van der Waals surface area contributed by atoms with Crippen LogP contribution >= 0.6 is 33.9 Å². The summed E-state index contributed by atoms with van der Waals surface area (Å²) in [7, 11) is -3.77. The average Bonchev–Trinajstić information content (AvgIpc) is 2.86. The standard InChI is InChI=1S/C10H7IN4O2S2/c11-7-3-1-6(2-4-7)8-5-15-9(13-8)18-10(14-15)19(12,16)17/h1-5H,(H2,12,16,17). The molecule has 0 radical (unpaired) electrons. The number of benzene rings is 1. The number of hydrogen-bond acceptors (Lipinski definition) is 5. The molecule has 0 unspecified atom stereocenters. The largest absolute Gasteiger partial charge is 0.267 e. The maximum absolute atomic E-state index is 11.2. The number of hydrogen-bond donors (Lipinski definition) is 1. The fourth-order valence-electron chi connectivity index (χ4n) is 1.56. The monoisotopic (exact) mass is 406 g/mol. The number of aromatic nitrogens is 3. The second kappa shape index (κ2) is 4.51. The van der Waals surface area contributed by atoms with E-state index in [1.807, 2.05) is 24.3 Å². The van der Waals surface area contributed by atoms with Gasteiger partial charge in [0.1, 0.15) is 0 Å². The minimum Gasteiger partial charge on any atom is -0.223 e. The first-order chi connectivity index (χ1) is 8.93. The molecule has 1 aromatic carbocycles. The molecule has 6 nitrogen and oxygen atoms in total. The van der Waals surface area contributed by atoms with E-state index >= 15 is 0 Å². The van der Waals surface area contributed by atoms with Crippen molar-refractivity contribution < 1.29 is 8.42 Å². The molecule has 2 N–H and O–H groups in total. The van der Waals surface area contributed by atoms with Crippen LogP contribution in [0.15, 0.2) is 34.8 Å². The van der Waals surface area contributed by atoms with Crippen LogP contribution in [-0.4, -0.2) is 23.0 Å². The topological polar surface area (TPSA) is 90.4 Å². The van der Waals surface area contributed by atoms with Crippen molar-refractivity contribution in [1.29, 1.82) is 0 Å². The van der Waals surface area contributed by atoms with Gasteiger partial charge in [-0.25, -0.2) is 23.1 Å². The first-order valence-corrected chi connectivity index (χ1v) is 8.52. The van der Waals surface area contributed by atoms with Crippen LogP contribution < -0.4 is 5.14 Å². The lowest BCUT2D eigenvalue weighted by atomic mass is 10.2. The number of nitrogens with two attached hydrogens (primary N) is 1. The lowest BCUT2D eigenvalue weighted by Crippen LogP contribution is -2.12. The summed E-state index contributed by atoms with van der Waals surface area (Å²) in [6.07, 6.45) is 1.68. The molecule has 0 aliphatic heterocycles. The third-order valence-corrected chi connectivity index (χ3v) is 5.36. The number of sulfonamides is 1. The molecule has 98 valence electrons. The molecule has 2 aromatic heterocycles. The number of rotatable bonds is 2. The molecule has 0 amide bonds. The average molecular weight is 406 g/mol. The summed E-state index contributed by atoms with van der Waals surface area (Å²) in [6.45, 7) is 0. The van der Waals surface area contributed by atoms with Crippen molar-refractivity contribution in [1.82, 2.24) is 14.6 Å². The van der Waals surface area contributed by atoms with Gasteiger partial charge in [-0.3, -0.25) is 0 Å². The molecule has 0 saturated carbocycles. The fourth-order valence-corrected chi connectivity index (χ4v) is 3.42.